The summed E-state index contributed by atoms with van der Waals surface area (Å²) in [7, 11) is 0. The maximum absolute atomic E-state index is 12.3. The molecule has 5 nitrogen and oxygen atoms in total. The van der Waals surface area contributed by atoms with Crippen LogP contribution in [0.5, 0.6) is 0 Å². The fraction of sp³-hybridized carbons (Fsp3) is 0.786. The van der Waals surface area contributed by atoms with Crippen molar-refractivity contribution in [3.05, 3.63) is 0 Å². The minimum Gasteiger partial charge on any atom is -0.479 e. The topological polar surface area (TPSA) is 74.7 Å². The molecule has 0 saturated carbocycles. The largest absolute Gasteiger partial charge is 0.479 e. The maximum atomic E-state index is 12.3. The van der Waals surface area contributed by atoms with Gasteiger partial charge in [0.1, 0.15) is 5.54 Å². The predicted molar refractivity (Wildman–Crippen MR) is 70.7 cm³/mol. The molecule has 0 aromatic carbocycles. The van der Waals surface area contributed by atoms with Crippen molar-refractivity contribution in [3.8, 4) is 0 Å². The van der Waals surface area contributed by atoms with Gasteiger partial charge in [-0.2, -0.15) is 0 Å². The number of aliphatic carboxylic acids is 1. The first kappa shape index (κ1) is 15.7. The first-order valence-electron chi connectivity index (χ1n) is 6.76. The number of carboxylic acids is 1. The van der Waals surface area contributed by atoms with Gasteiger partial charge in [0.25, 0.3) is 5.91 Å². The van der Waals surface area contributed by atoms with E-state index in [1.54, 1.807) is 27.7 Å². The van der Waals surface area contributed by atoms with Crippen molar-refractivity contribution in [1.82, 2.24) is 4.90 Å². The van der Waals surface area contributed by atoms with Crippen LogP contribution in [0.3, 0.4) is 0 Å². The molecule has 108 valence electrons. The van der Waals surface area contributed by atoms with Crippen molar-refractivity contribution < 1.29 is 19.5 Å². The normalized spacial score (nSPS) is 24.1. The van der Waals surface area contributed by atoms with Gasteiger partial charge in [-0.25, -0.2) is 4.79 Å². The van der Waals surface area contributed by atoms with E-state index in [1.165, 1.54) is 4.90 Å². The fourth-order valence-electron chi connectivity index (χ4n) is 2.52. The lowest BCUT2D eigenvalue weighted by Gasteiger charge is -2.43. The van der Waals surface area contributed by atoms with E-state index in [0.29, 0.717) is 19.4 Å². The van der Waals surface area contributed by atoms with Crippen LogP contribution in [0.15, 0.2) is 0 Å². The van der Waals surface area contributed by atoms with Gasteiger partial charge >= 0.3 is 5.97 Å². The zero-order chi connectivity index (χ0) is 14.8. The van der Waals surface area contributed by atoms with E-state index in [-0.39, 0.29) is 0 Å². The molecule has 1 heterocycles. The van der Waals surface area contributed by atoms with E-state index in [0.717, 1.165) is 12.8 Å². The lowest BCUT2D eigenvalue weighted by Crippen LogP contribution is -2.61. The molecule has 0 aromatic heterocycles. The van der Waals surface area contributed by atoms with Crippen LogP contribution in [-0.2, 0) is 14.4 Å². The van der Waals surface area contributed by atoms with Gasteiger partial charge in [-0.3, -0.25) is 9.59 Å². The average molecular weight is 269 g/mol. The summed E-state index contributed by atoms with van der Waals surface area (Å²) >= 11 is 0. The summed E-state index contributed by atoms with van der Waals surface area (Å²) in [6, 6.07) is 0. The van der Waals surface area contributed by atoms with Crippen LogP contribution < -0.4 is 0 Å². The van der Waals surface area contributed by atoms with Gasteiger partial charge in [0.05, 0.1) is 0 Å². The third kappa shape index (κ3) is 2.80. The Morgan fingerprint density at radius 3 is 2.21 bits per heavy atom. The molecule has 0 aromatic rings. The molecule has 1 saturated heterocycles. The average Bonchev–Trinajstić information content (AvgIpc) is 2.35. The number of hydrogen-bond acceptors (Lipinski definition) is 3. The molecule has 0 radical (unpaired) electrons. The van der Waals surface area contributed by atoms with Crippen LogP contribution in [0.1, 0.15) is 53.4 Å². The van der Waals surface area contributed by atoms with Gasteiger partial charge in [-0.1, -0.05) is 27.7 Å². The predicted octanol–water partition coefficient (Wildman–Crippen LogP) is 1.85. The van der Waals surface area contributed by atoms with Crippen molar-refractivity contribution in [2.45, 2.75) is 58.9 Å². The number of amides is 1. The molecule has 1 unspecified atom stereocenters. The van der Waals surface area contributed by atoms with E-state index in [2.05, 4.69) is 0 Å². The maximum Gasteiger partial charge on any atom is 0.329 e. The zero-order valence-corrected chi connectivity index (χ0v) is 12.2. The number of carbonyl (C=O) groups is 3. The van der Waals surface area contributed by atoms with Gasteiger partial charge in [0.2, 0.25) is 5.78 Å². The minimum absolute atomic E-state index is 0.325. The molecule has 1 fully saturated rings. The van der Waals surface area contributed by atoms with Crippen molar-refractivity contribution >= 4 is 17.7 Å². The second kappa shape index (κ2) is 5.31. The number of Topliss-reactive ketones (excluding diaryl/α,β-unsaturated/α-hetero) is 1. The number of carboxylic acid groups (broad SMARTS) is 1. The van der Waals surface area contributed by atoms with Crippen LogP contribution >= 0.6 is 0 Å². The second-order valence-electron chi connectivity index (χ2n) is 6.18. The highest BCUT2D eigenvalue weighted by Crippen LogP contribution is 2.33. The van der Waals surface area contributed by atoms with E-state index in [1.807, 2.05) is 0 Å². The Morgan fingerprint density at radius 2 is 1.79 bits per heavy atom. The summed E-state index contributed by atoms with van der Waals surface area (Å²) in [5, 5.41) is 9.49. The molecule has 1 rings (SSSR count). The van der Waals surface area contributed by atoms with Gasteiger partial charge in [0, 0.05) is 12.0 Å². The van der Waals surface area contributed by atoms with Gasteiger partial charge in [-0.15, -0.1) is 0 Å². The summed E-state index contributed by atoms with van der Waals surface area (Å²) < 4.78 is 0. The number of hydrogen-bond donors (Lipinski definition) is 1. The van der Waals surface area contributed by atoms with Crippen LogP contribution in [-0.4, -0.2) is 39.7 Å². The molecular weight excluding hydrogens is 246 g/mol. The Kier molecular flexibility index (Phi) is 4.38. The smallest absolute Gasteiger partial charge is 0.329 e. The Labute approximate surface area is 114 Å². The van der Waals surface area contributed by atoms with Gasteiger partial charge in [0.15, 0.2) is 0 Å². The third-order valence-electron chi connectivity index (χ3n) is 3.84. The summed E-state index contributed by atoms with van der Waals surface area (Å²) in [5.41, 5.74) is -2.00. The summed E-state index contributed by atoms with van der Waals surface area (Å²) in [6.07, 6.45) is 2.26. The first-order chi connectivity index (χ1) is 8.66. The van der Waals surface area contributed by atoms with Crippen molar-refractivity contribution in [2.75, 3.05) is 6.54 Å². The molecule has 5 heteroatoms. The van der Waals surface area contributed by atoms with Crippen LogP contribution in [0, 0.1) is 5.41 Å². The highest BCUT2D eigenvalue weighted by Gasteiger charge is 2.49. The van der Waals surface area contributed by atoms with E-state index in [9.17, 15) is 19.5 Å². The van der Waals surface area contributed by atoms with Crippen molar-refractivity contribution in [1.29, 1.82) is 0 Å². The molecule has 0 spiro atoms. The quantitative estimate of drug-likeness (QED) is 0.793. The lowest BCUT2D eigenvalue weighted by molar-refractivity contribution is -0.166. The fourth-order valence-corrected chi connectivity index (χ4v) is 2.52. The van der Waals surface area contributed by atoms with Crippen LogP contribution in [0.4, 0.5) is 0 Å². The number of nitrogens with zero attached hydrogens (tertiary/aromatic N) is 1. The first-order valence-corrected chi connectivity index (χ1v) is 6.76. The third-order valence-corrected chi connectivity index (χ3v) is 3.84. The second-order valence-corrected chi connectivity index (χ2v) is 6.18. The van der Waals surface area contributed by atoms with E-state index >= 15 is 0 Å². The number of likely N-dealkylation sites (tertiary alicyclic amines) is 1. The number of ketones is 1. The Hall–Kier alpha value is -1.39. The van der Waals surface area contributed by atoms with Crippen molar-refractivity contribution in [3.63, 3.8) is 0 Å². The van der Waals surface area contributed by atoms with Crippen LogP contribution in [0.2, 0.25) is 0 Å². The number of piperidine rings is 1. The Morgan fingerprint density at radius 1 is 1.21 bits per heavy atom. The van der Waals surface area contributed by atoms with Crippen molar-refractivity contribution in [2.24, 2.45) is 5.41 Å². The molecular formula is C14H23NO4. The molecule has 1 aliphatic rings. The SMILES string of the molecule is CCC1(C(=O)O)CCCCN1C(=O)C(=O)C(C)(C)C. The van der Waals surface area contributed by atoms with E-state index < -0.39 is 28.6 Å². The molecule has 1 aliphatic heterocycles. The Balaban J connectivity index is 3.11. The lowest BCUT2D eigenvalue weighted by atomic mass is 9.82. The summed E-state index contributed by atoms with van der Waals surface area (Å²) in [5.74, 6) is -2.19. The minimum atomic E-state index is -1.21. The molecule has 1 N–H and O–H groups in total. The van der Waals surface area contributed by atoms with E-state index in [4.69, 9.17) is 0 Å². The summed E-state index contributed by atoms with van der Waals surface area (Å²) in [4.78, 5) is 37.3. The molecule has 0 bridgehead atoms. The molecule has 0 aliphatic carbocycles. The van der Waals surface area contributed by atoms with Gasteiger partial charge in [-0.05, 0) is 25.7 Å². The molecule has 19 heavy (non-hydrogen) atoms. The highest BCUT2D eigenvalue weighted by atomic mass is 16.4. The zero-order valence-electron chi connectivity index (χ0n) is 12.2. The highest BCUT2D eigenvalue weighted by molar-refractivity contribution is 6.38. The van der Waals surface area contributed by atoms with Gasteiger partial charge < -0.3 is 10.0 Å². The monoisotopic (exact) mass is 269 g/mol. The van der Waals surface area contributed by atoms with Crippen LogP contribution in [0.25, 0.3) is 0 Å². The Bertz CT molecular complexity index is 397. The molecule has 1 amide bonds. The number of rotatable bonds is 3. The molecule has 1 atom stereocenters. The summed E-state index contributed by atoms with van der Waals surface area (Å²) in [6.45, 7) is 7.12. The number of carbonyl (C=O) groups excluding carboxylic acids is 2. The standard InChI is InChI=1S/C14H23NO4/c1-5-14(12(18)19)8-6-7-9-15(14)11(17)10(16)13(2,3)4/h5-9H2,1-4H3,(H,18,19).